The maximum Gasteiger partial charge on any atom is 0.182 e. The molecule has 53 heavy (non-hydrogen) atoms. The van der Waals surface area contributed by atoms with Gasteiger partial charge in [-0.05, 0) is 45.8 Å². The van der Waals surface area contributed by atoms with Gasteiger partial charge in [0, 0.05) is 44.6 Å². The van der Waals surface area contributed by atoms with Crippen LogP contribution >= 0.6 is 0 Å². The van der Waals surface area contributed by atoms with Crippen molar-refractivity contribution < 1.29 is 4.42 Å². The van der Waals surface area contributed by atoms with Gasteiger partial charge in [0.25, 0.3) is 0 Å². The first kappa shape index (κ1) is 30.6. The van der Waals surface area contributed by atoms with Crippen molar-refractivity contribution in [3.63, 3.8) is 0 Å². The van der Waals surface area contributed by atoms with E-state index in [-0.39, 0.29) is 0 Å². The van der Waals surface area contributed by atoms with Crippen LogP contribution < -0.4 is 0 Å². The summed E-state index contributed by atoms with van der Waals surface area (Å²) in [5.74, 6) is 1.63. The smallest absolute Gasteiger partial charge is 0.182 e. The van der Waals surface area contributed by atoms with Crippen molar-refractivity contribution in [2.45, 2.75) is 0 Å². The van der Waals surface area contributed by atoms with Gasteiger partial charge in [0.05, 0.1) is 0 Å². The molecule has 0 aliphatic heterocycles. The first-order valence-corrected chi connectivity index (χ1v) is 17.6. The molecule has 5 nitrogen and oxygen atoms in total. The molecule has 0 N–H and O–H groups in total. The van der Waals surface area contributed by atoms with Gasteiger partial charge in [0.15, 0.2) is 17.5 Å². The fourth-order valence-corrected chi connectivity index (χ4v) is 7.17. The Morgan fingerprint density at radius 2 is 0.906 bits per heavy atom. The lowest BCUT2D eigenvalue weighted by Gasteiger charge is -2.11. The molecule has 0 atom stereocenters. The predicted molar refractivity (Wildman–Crippen MR) is 215 cm³/mol. The van der Waals surface area contributed by atoms with Crippen molar-refractivity contribution in [3.8, 4) is 67.7 Å². The largest absolute Gasteiger partial charge is 0.455 e. The predicted octanol–water partition coefficient (Wildman–Crippen LogP) is 12.3. The van der Waals surface area contributed by atoms with Crippen LogP contribution in [0.1, 0.15) is 0 Å². The Hall–Kier alpha value is -7.24. The molecule has 0 spiro atoms. The second-order valence-electron chi connectivity index (χ2n) is 13.0. The number of furan rings is 1. The van der Waals surface area contributed by atoms with E-state index in [0.717, 1.165) is 66.1 Å². The zero-order valence-corrected chi connectivity index (χ0v) is 28.5. The number of para-hydroxylation sites is 1. The number of hydrogen-bond acceptors (Lipinski definition) is 5. The highest BCUT2D eigenvalue weighted by Crippen LogP contribution is 2.44. The molecule has 248 valence electrons. The molecule has 7 aromatic carbocycles. The van der Waals surface area contributed by atoms with Crippen LogP contribution in [0.4, 0.5) is 0 Å². The number of pyridine rings is 1. The standard InChI is InChI=1S/C48H30N4O/c1-4-13-31(14-5-1)32-23-25-34(26-24-32)38-21-12-22-40-43-41(28-27-39(45(43)53-44(38)40)33-15-6-2-7-16-33)47-50-46(35-17-8-3-9-18-35)51-48(52-47)42-29-36-19-10-11-20-37(36)30-49-42/h1-30H. The maximum absolute atomic E-state index is 7.00. The Morgan fingerprint density at radius 3 is 1.66 bits per heavy atom. The Balaban J connectivity index is 1.21. The van der Waals surface area contributed by atoms with Gasteiger partial charge in [0.1, 0.15) is 16.9 Å². The lowest BCUT2D eigenvalue weighted by molar-refractivity contribution is 0.671. The van der Waals surface area contributed by atoms with E-state index < -0.39 is 0 Å². The Labute approximate surface area is 305 Å². The van der Waals surface area contributed by atoms with Crippen LogP contribution in [0.25, 0.3) is 100 Å². The van der Waals surface area contributed by atoms with Crippen LogP contribution in [0.5, 0.6) is 0 Å². The van der Waals surface area contributed by atoms with Gasteiger partial charge in [-0.1, -0.05) is 158 Å². The lowest BCUT2D eigenvalue weighted by atomic mass is 9.96. The van der Waals surface area contributed by atoms with Gasteiger partial charge in [-0.15, -0.1) is 0 Å². The number of aromatic nitrogens is 4. The molecule has 0 amide bonds. The van der Waals surface area contributed by atoms with E-state index in [9.17, 15) is 0 Å². The molecule has 0 bridgehead atoms. The van der Waals surface area contributed by atoms with Crippen LogP contribution in [0, 0.1) is 0 Å². The zero-order chi connectivity index (χ0) is 35.1. The maximum atomic E-state index is 7.00. The monoisotopic (exact) mass is 678 g/mol. The fourth-order valence-electron chi connectivity index (χ4n) is 7.17. The molecular weight excluding hydrogens is 649 g/mol. The summed E-state index contributed by atoms with van der Waals surface area (Å²) in [5, 5.41) is 4.07. The molecule has 5 heteroatoms. The Kier molecular flexibility index (Phi) is 7.40. The van der Waals surface area contributed by atoms with E-state index in [0.29, 0.717) is 23.2 Å². The summed E-state index contributed by atoms with van der Waals surface area (Å²) >= 11 is 0. The molecule has 0 saturated heterocycles. The summed E-state index contributed by atoms with van der Waals surface area (Å²) in [6.07, 6.45) is 1.88. The molecule has 0 radical (unpaired) electrons. The van der Waals surface area contributed by atoms with E-state index in [1.165, 1.54) is 11.1 Å². The molecule has 0 unspecified atom stereocenters. The summed E-state index contributed by atoms with van der Waals surface area (Å²) in [5.41, 5.74) is 10.5. The number of benzene rings is 7. The summed E-state index contributed by atoms with van der Waals surface area (Å²) in [7, 11) is 0. The van der Waals surface area contributed by atoms with E-state index >= 15 is 0 Å². The van der Waals surface area contributed by atoms with Gasteiger partial charge in [-0.2, -0.15) is 0 Å². The highest BCUT2D eigenvalue weighted by Gasteiger charge is 2.22. The van der Waals surface area contributed by atoms with Crippen LogP contribution in [-0.2, 0) is 0 Å². The van der Waals surface area contributed by atoms with Crippen molar-refractivity contribution in [2.24, 2.45) is 0 Å². The molecule has 10 rings (SSSR count). The number of fused-ring (bicyclic) bond motifs is 4. The lowest BCUT2D eigenvalue weighted by Crippen LogP contribution is -2.01. The van der Waals surface area contributed by atoms with Crippen LogP contribution in [0.2, 0.25) is 0 Å². The molecule has 0 aliphatic rings. The average molecular weight is 679 g/mol. The van der Waals surface area contributed by atoms with E-state index in [2.05, 4.69) is 115 Å². The highest BCUT2D eigenvalue weighted by molar-refractivity contribution is 6.18. The molecule has 3 heterocycles. The minimum Gasteiger partial charge on any atom is -0.455 e. The first-order chi connectivity index (χ1) is 26.3. The first-order valence-electron chi connectivity index (χ1n) is 17.6. The number of rotatable bonds is 6. The van der Waals surface area contributed by atoms with Crippen LogP contribution in [-0.4, -0.2) is 19.9 Å². The molecule has 0 aliphatic carbocycles. The third-order valence-electron chi connectivity index (χ3n) is 9.80. The van der Waals surface area contributed by atoms with Gasteiger partial charge in [-0.3, -0.25) is 4.98 Å². The number of hydrogen-bond donors (Lipinski definition) is 0. The quantitative estimate of drug-likeness (QED) is 0.175. The van der Waals surface area contributed by atoms with Crippen molar-refractivity contribution >= 4 is 32.7 Å². The molecule has 10 aromatic rings. The van der Waals surface area contributed by atoms with Gasteiger partial charge in [0.2, 0.25) is 0 Å². The van der Waals surface area contributed by atoms with E-state index in [1.54, 1.807) is 0 Å². The minimum atomic E-state index is 0.506. The summed E-state index contributed by atoms with van der Waals surface area (Å²) in [4.78, 5) is 20.0. The summed E-state index contributed by atoms with van der Waals surface area (Å²) < 4.78 is 7.00. The van der Waals surface area contributed by atoms with E-state index in [1.807, 2.05) is 66.9 Å². The van der Waals surface area contributed by atoms with Crippen molar-refractivity contribution in [3.05, 3.63) is 182 Å². The number of nitrogens with zero attached hydrogens (tertiary/aromatic N) is 4. The Morgan fingerprint density at radius 1 is 0.358 bits per heavy atom. The molecule has 0 saturated carbocycles. The van der Waals surface area contributed by atoms with Crippen molar-refractivity contribution in [1.82, 2.24) is 19.9 Å². The molecular formula is C48H30N4O. The van der Waals surface area contributed by atoms with Crippen molar-refractivity contribution in [1.29, 1.82) is 0 Å². The third kappa shape index (κ3) is 5.52. The third-order valence-corrected chi connectivity index (χ3v) is 9.80. The Bertz CT molecular complexity index is 2920. The average Bonchev–Trinajstić information content (AvgIpc) is 3.64. The van der Waals surface area contributed by atoms with Crippen LogP contribution in [0.15, 0.2) is 187 Å². The molecule has 3 aromatic heterocycles. The van der Waals surface area contributed by atoms with E-state index in [4.69, 9.17) is 24.4 Å². The second-order valence-corrected chi connectivity index (χ2v) is 13.0. The van der Waals surface area contributed by atoms with Gasteiger partial charge >= 0.3 is 0 Å². The summed E-state index contributed by atoms with van der Waals surface area (Å²) in [6.45, 7) is 0. The molecule has 0 fully saturated rings. The van der Waals surface area contributed by atoms with Crippen molar-refractivity contribution in [2.75, 3.05) is 0 Å². The normalized spacial score (nSPS) is 11.4. The minimum absolute atomic E-state index is 0.506. The van der Waals surface area contributed by atoms with Gasteiger partial charge < -0.3 is 4.42 Å². The fraction of sp³-hybridized carbons (Fsp3) is 0. The second kappa shape index (κ2) is 12.8. The SMILES string of the molecule is c1ccc(-c2ccc(-c3cccc4c3oc3c(-c5ccccc5)ccc(-c5nc(-c6ccccc6)nc(-c6cc7ccccc7cn6)n5)c34)cc2)cc1. The topological polar surface area (TPSA) is 64.7 Å². The van der Waals surface area contributed by atoms with Crippen LogP contribution in [0.3, 0.4) is 0 Å². The highest BCUT2D eigenvalue weighted by atomic mass is 16.3. The zero-order valence-electron chi connectivity index (χ0n) is 28.5. The van der Waals surface area contributed by atoms with Gasteiger partial charge in [-0.25, -0.2) is 15.0 Å². The summed E-state index contributed by atoms with van der Waals surface area (Å²) in [6, 6.07) is 60.3.